The Morgan fingerprint density at radius 2 is 1.71 bits per heavy atom. The number of nitrogens with two attached hydrogens (primary N) is 1. The molecule has 0 atom stereocenters. The van der Waals surface area contributed by atoms with Gasteiger partial charge in [0.25, 0.3) is 0 Å². The summed E-state index contributed by atoms with van der Waals surface area (Å²) in [5, 5.41) is 1.29. The molecule has 0 saturated carbocycles. The van der Waals surface area contributed by atoms with E-state index in [1.54, 1.807) is 6.07 Å². The number of halogens is 2. The number of benzene rings is 2. The van der Waals surface area contributed by atoms with Crippen LogP contribution in [0.15, 0.2) is 36.4 Å². The van der Waals surface area contributed by atoms with Crippen LogP contribution in [-0.4, -0.2) is 9.55 Å². The van der Waals surface area contributed by atoms with Crippen LogP contribution in [0.1, 0.15) is 19.9 Å². The Hall–Kier alpha value is -1.71. The minimum atomic E-state index is 0.251. The van der Waals surface area contributed by atoms with Crippen molar-refractivity contribution in [2.45, 2.75) is 19.9 Å². The van der Waals surface area contributed by atoms with Gasteiger partial charge in [-0.05, 0) is 50.2 Å². The fraction of sp³-hybridized carbons (Fsp3) is 0.188. The van der Waals surface area contributed by atoms with E-state index in [1.807, 2.05) is 30.3 Å². The molecular weight excluding hydrogens is 305 g/mol. The zero-order chi connectivity index (χ0) is 15.1. The zero-order valence-corrected chi connectivity index (χ0v) is 13.3. The lowest BCUT2D eigenvalue weighted by atomic mass is 10.1. The molecule has 0 aliphatic heterocycles. The first kappa shape index (κ1) is 14.2. The van der Waals surface area contributed by atoms with E-state index >= 15 is 0 Å². The third kappa shape index (κ3) is 2.47. The van der Waals surface area contributed by atoms with Crippen LogP contribution in [-0.2, 0) is 0 Å². The van der Waals surface area contributed by atoms with Crippen molar-refractivity contribution in [1.29, 1.82) is 0 Å². The smallest absolute Gasteiger partial charge is 0.143 e. The van der Waals surface area contributed by atoms with E-state index in [-0.39, 0.29) is 6.04 Å². The van der Waals surface area contributed by atoms with Gasteiger partial charge in [-0.1, -0.05) is 23.2 Å². The van der Waals surface area contributed by atoms with E-state index in [0.717, 1.165) is 22.4 Å². The molecule has 0 bridgehead atoms. The summed E-state index contributed by atoms with van der Waals surface area (Å²) < 4.78 is 2.16. The van der Waals surface area contributed by atoms with Gasteiger partial charge in [0, 0.05) is 27.3 Å². The summed E-state index contributed by atoms with van der Waals surface area (Å²) >= 11 is 12.0. The van der Waals surface area contributed by atoms with Crippen LogP contribution in [0.3, 0.4) is 0 Å². The molecule has 21 heavy (non-hydrogen) atoms. The van der Waals surface area contributed by atoms with E-state index in [2.05, 4.69) is 18.4 Å². The topological polar surface area (TPSA) is 43.8 Å². The van der Waals surface area contributed by atoms with Crippen molar-refractivity contribution >= 4 is 39.9 Å². The van der Waals surface area contributed by atoms with Crippen molar-refractivity contribution in [2.75, 3.05) is 5.73 Å². The molecule has 0 aliphatic carbocycles. The number of nitrogens with zero attached hydrogens (tertiary/aromatic N) is 2. The number of imidazole rings is 1. The molecule has 1 heterocycles. The summed E-state index contributed by atoms with van der Waals surface area (Å²) in [5.74, 6) is 0.830. The maximum absolute atomic E-state index is 6.11. The number of rotatable bonds is 2. The van der Waals surface area contributed by atoms with E-state index in [0.29, 0.717) is 15.7 Å². The molecule has 3 aromatic rings. The minimum Gasteiger partial charge on any atom is -0.398 e. The standard InChI is InChI=1S/C16H15Cl2N3/c1-9(2)21-15-6-4-11(18)8-14(15)20-16(21)12-5-3-10(17)7-13(12)19/h3-9H,19H2,1-2H3. The van der Waals surface area contributed by atoms with Crippen LogP contribution in [0.2, 0.25) is 10.0 Å². The highest BCUT2D eigenvalue weighted by Crippen LogP contribution is 2.33. The van der Waals surface area contributed by atoms with Gasteiger partial charge in [0.1, 0.15) is 5.82 Å². The van der Waals surface area contributed by atoms with E-state index in [1.165, 1.54) is 0 Å². The van der Waals surface area contributed by atoms with Gasteiger partial charge >= 0.3 is 0 Å². The van der Waals surface area contributed by atoms with Crippen molar-refractivity contribution in [3.63, 3.8) is 0 Å². The van der Waals surface area contributed by atoms with E-state index in [4.69, 9.17) is 33.9 Å². The first-order chi connectivity index (χ1) is 9.97. The molecule has 2 N–H and O–H groups in total. The normalized spacial score (nSPS) is 11.5. The molecular formula is C16H15Cl2N3. The van der Waals surface area contributed by atoms with Gasteiger partial charge in [-0.2, -0.15) is 0 Å². The predicted molar refractivity (Wildman–Crippen MR) is 90.0 cm³/mol. The van der Waals surface area contributed by atoms with Crippen molar-refractivity contribution < 1.29 is 0 Å². The molecule has 1 aromatic heterocycles. The SMILES string of the molecule is CC(C)n1c(-c2ccc(Cl)cc2N)nc2cc(Cl)ccc21. The molecule has 0 unspecified atom stereocenters. The van der Waals surface area contributed by atoms with Gasteiger partial charge in [0.05, 0.1) is 11.0 Å². The Labute approximate surface area is 133 Å². The largest absolute Gasteiger partial charge is 0.398 e. The number of fused-ring (bicyclic) bond motifs is 1. The van der Waals surface area contributed by atoms with Gasteiger partial charge in [-0.25, -0.2) is 4.98 Å². The van der Waals surface area contributed by atoms with E-state index in [9.17, 15) is 0 Å². The summed E-state index contributed by atoms with van der Waals surface area (Å²) in [6.45, 7) is 4.23. The van der Waals surface area contributed by atoms with Gasteiger partial charge in [-0.15, -0.1) is 0 Å². The van der Waals surface area contributed by atoms with Crippen LogP contribution in [0, 0.1) is 0 Å². The zero-order valence-electron chi connectivity index (χ0n) is 11.8. The fourth-order valence-corrected chi connectivity index (χ4v) is 2.87. The van der Waals surface area contributed by atoms with Crippen molar-refractivity contribution in [2.24, 2.45) is 0 Å². The highest BCUT2D eigenvalue weighted by atomic mass is 35.5. The van der Waals surface area contributed by atoms with Gasteiger partial charge < -0.3 is 10.3 Å². The molecule has 2 aromatic carbocycles. The minimum absolute atomic E-state index is 0.251. The molecule has 3 nitrogen and oxygen atoms in total. The quantitative estimate of drug-likeness (QED) is 0.662. The Morgan fingerprint density at radius 3 is 2.38 bits per heavy atom. The maximum atomic E-state index is 6.11. The second kappa shape index (κ2) is 5.24. The van der Waals surface area contributed by atoms with Crippen molar-refractivity contribution in [3.8, 4) is 11.4 Å². The molecule has 0 radical (unpaired) electrons. The Kier molecular flexibility index (Phi) is 3.56. The summed E-state index contributed by atoms with van der Waals surface area (Å²) in [7, 11) is 0. The monoisotopic (exact) mass is 319 g/mol. The lowest BCUT2D eigenvalue weighted by Gasteiger charge is -2.14. The lowest BCUT2D eigenvalue weighted by Crippen LogP contribution is -2.04. The number of aromatic nitrogens is 2. The molecule has 108 valence electrons. The first-order valence-electron chi connectivity index (χ1n) is 6.70. The second-order valence-electron chi connectivity index (χ2n) is 5.26. The van der Waals surface area contributed by atoms with Crippen LogP contribution in [0.5, 0.6) is 0 Å². The average Bonchev–Trinajstić information content (AvgIpc) is 2.76. The Balaban J connectivity index is 2.33. The predicted octanol–water partition coefficient (Wildman–Crippen LogP) is 5.17. The third-order valence-electron chi connectivity index (χ3n) is 3.42. The first-order valence-corrected chi connectivity index (χ1v) is 7.46. The molecule has 0 aliphatic rings. The van der Waals surface area contributed by atoms with Crippen LogP contribution in [0.25, 0.3) is 22.4 Å². The molecule has 5 heteroatoms. The van der Waals surface area contributed by atoms with Crippen molar-refractivity contribution in [3.05, 3.63) is 46.4 Å². The Bertz CT molecular complexity index is 822. The van der Waals surface area contributed by atoms with Gasteiger partial charge in [0.2, 0.25) is 0 Å². The molecule has 0 fully saturated rings. The highest BCUT2D eigenvalue weighted by Gasteiger charge is 2.17. The number of hydrogen-bond acceptors (Lipinski definition) is 2. The summed E-state index contributed by atoms with van der Waals surface area (Å²) in [6.07, 6.45) is 0. The van der Waals surface area contributed by atoms with E-state index < -0.39 is 0 Å². The third-order valence-corrected chi connectivity index (χ3v) is 3.89. The van der Waals surface area contributed by atoms with Gasteiger partial charge in [-0.3, -0.25) is 0 Å². The number of hydrogen-bond donors (Lipinski definition) is 1. The second-order valence-corrected chi connectivity index (χ2v) is 6.14. The number of anilines is 1. The average molecular weight is 320 g/mol. The van der Waals surface area contributed by atoms with Crippen molar-refractivity contribution in [1.82, 2.24) is 9.55 Å². The fourth-order valence-electron chi connectivity index (χ4n) is 2.52. The summed E-state index contributed by atoms with van der Waals surface area (Å²) in [6, 6.07) is 11.4. The van der Waals surface area contributed by atoms with Crippen LogP contribution < -0.4 is 5.73 Å². The van der Waals surface area contributed by atoms with Crippen LogP contribution in [0.4, 0.5) is 5.69 Å². The maximum Gasteiger partial charge on any atom is 0.143 e. The summed E-state index contributed by atoms with van der Waals surface area (Å²) in [4.78, 5) is 4.71. The molecule has 0 saturated heterocycles. The summed E-state index contributed by atoms with van der Waals surface area (Å²) in [5.41, 5.74) is 9.50. The molecule has 0 amide bonds. The number of nitrogen functional groups attached to an aromatic ring is 1. The molecule has 0 spiro atoms. The van der Waals surface area contributed by atoms with Crippen LogP contribution >= 0.6 is 23.2 Å². The van der Waals surface area contributed by atoms with Gasteiger partial charge in [0.15, 0.2) is 0 Å². The molecule has 3 rings (SSSR count). The Morgan fingerprint density at radius 1 is 1.05 bits per heavy atom. The lowest BCUT2D eigenvalue weighted by molar-refractivity contribution is 0.624. The highest BCUT2D eigenvalue weighted by molar-refractivity contribution is 6.31.